The summed E-state index contributed by atoms with van der Waals surface area (Å²) in [6.07, 6.45) is 9.21. The van der Waals surface area contributed by atoms with E-state index >= 15 is 0 Å². The molecular weight excluding hydrogens is 244 g/mol. The zero-order valence-electron chi connectivity index (χ0n) is 10.5. The first-order valence-electron chi connectivity index (χ1n) is 6.45. The first-order valence-corrected chi connectivity index (χ1v) is 8.83. The number of hydrogen-bond acceptors (Lipinski definition) is 2. The molecule has 0 saturated carbocycles. The van der Waals surface area contributed by atoms with Crippen LogP contribution in [0.15, 0.2) is 0 Å². The highest BCUT2D eigenvalue weighted by atomic mass is 35.7. The van der Waals surface area contributed by atoms with Gasteiger partial charge >= 0.3 is 0 Å². The van der Waals surface area contributed by atoms with E-state index in [0.29, 0.717) is 0 Å². The standard InChI is InChI=1S/C12H25ClO2S/c1-3-5-7-8-9-11-12(10-6-4-2)16(13,14)15/h12H,3-11H2,1-2H3. The molecule has 0 aromatic rings. The predicted octanol–water partition coefficient (Wildman–Crippen LogP) is 4.47. The van der Waals surface area contributed by atoms with Crippen LogP contribution in [0.1, 0.15) is 71.6 Å². The minimum Gasteiger partial charge on any atom is -0.212 e. The smallest absolute Gasteiger partial charge is 0.212 e. The molecule has 98 valence electrons. The van der Waals surface area contributed by atoms with Crippen molar-refractivity contribution in [3.63, 3.8) is 0 Å². The van der Waals surface area contributed by atoms with Gasteiger partial charge in [-0.25, -0.2) is 8.42 Å². The Labute approximate surface area is 105 Å². The molecule has 0 aliphatic carbocycles. The van der Waals surface area contributed by atoms with Crippen molar-refractivity contribution in [3.8, 4) is 0 Å². The number of unbranched alkanes of at least 4 members (excludes halogenated alkanes) is 5. The molecule has 4 heteroatoms. The first kappa shape index (κ1) is 16.2. The Balaban J connectivity index is 3.84. The minimum absolute atomic E-state index is 0.323. The zero-order valence-corrected chi connectivity index (χ0v) is 12.1. The van der Waals surface area contributed by atoms with E-state index in [1.165, 1.54) is 19.3 Å². The maximum absolute atomic E-state index is 11.3. The van der Waals surface area contributed by atoms with Crippen molar-refractivity contribution in [1.29, 1.82) is 0 Å². The van der Waals surface area contributed by atoms with Crippen molar-refractivity contribution >= 4 is 19.7 Å². The van der Waals surface area contributed by atoms with Gasteiger partial charge in [-0.3, -0.25) is 0 Å². The van der Waals surface area contributed by atoms with Gasteiger partial charge < -0.3 is 0 Å². The quantitative estimate of drug-likeness (QED) is 0.433. The van der Waals surface area contributed by atoms with Gasteiger partial charge in [-0.05, 0) is 12.8 Å². The number of rotatable bonds is 10. The van der Waals surface area contributed by atoms with Gasteiger partial charge in [0.25, 0.3) is 0 Å². The third kappa shape index (κ3) is 8.40. The van der Waals surface area contributed by atoms with E-state index in [1.807, 2.05) is 0 Å². The molecule has 0 aliphatic heterocycles. The van der Waals surface area contributed by atoms with Crippen molar-refractivity contribution in [2.75, 3.05) is 0 Å². The summed E-state index contributed by atoms with van der Waals surface area (Å²) in [5, 5.41) is -0.323. The highest BCUT2D eigenvalue weighted by Gasteiger charge is 2.21. The van der Waals surface area contributed by atoms with Gasteiger partial charge in [0.2, 0.25) is 9.05 Å². The van der Waals surface area contributed by atoms with Gasteiger partial charge in [0.15, 0.2) is 0 Å². The summed E-state index contributed by atoms with van der Waals surface area (Å²) in [5.41, 5.74) is 0. The summed E-state index contributed by atoms with van der Waals surface area (Å²) in [7, 11) is 2.09. The van der Waals surface area contributed by atoms with Crippen LogP contribution in [0.25, 0.3) is 0 Å². The van der Waals surface area contributed by atoms with Crippen LogP contribution in [0.3, 0.4) is 0 Å². The van der Waals surface area contributed by atoms with Crippen LogP contribution in [0, 0.1) is 0 Å². The molecule has 0 amide bonds. The van der Waals surface area contributed by atoms with Crippen LogP contribution < -0.4 is 0 Å². The van der Waals surface area contributed by atoms with E-state index in [9.17, 15) is 8.42 Å². The largest absolute Gasteiger partial charge is 0.235 e. The fraction of sp³-hybridized carbons (Fsp3) is 1.00. The summed E-state index contributed by atoms with van der Waals surface area (Å²) < 4.78 is 22.6. The second-order valence-electron chi connectivity index (χ2n) is 4.44. The van der Waals surface area contributed by atoms with Crippen LogP contribution in [0.4, 0.5) is 0 Å². The molecule has 0 rings (SSSR count). The lowest BCUT2D eigenvalue weighted by atomic mass is 10.1. The maximum atomic E-state index is 11.3. The fourth-order valence-corrected chi connectivity index (χ4v) is 3.26. The molecule has 0 spiro atoms. The molecule has 0 radical (unpaired) electrons. The molecule has 1 atom stereocenters. The molecule has 0 aromatic heterocycles. The lowest BCUT2D eigenvalue weighted by Gasteiger charge is -2.12. The average Bonchev–Trinajstić information content (AvgIpc) is 2.20. The van der Waals surface area contributed by atoms with Gasteiger partial charge in [0, 0.05) is 10.7 Å². The van der Waals surface area contributed by atoms with Crippen molar-refractivity contribution in [1.82, 2.24) is 0 Å². The highest BCUT2D eigenvalue weighted by Crippen LogP contribution is 2.21. The molecule has 0 saturated heterocycles. The summed E-state index contributed by atoms with van der Waals surface area (Å²) in [6, 6.07) is 0. The van der Waals surface area contributed by atoms with E-state index in [1.54, 1.807) is 0 Å². The molecule has 0 N–H and O–H groups in total. The zero-order chi connectivity index (χ0) is 12.4. The van der Waals surface area contributed by atoms with Crippen molar-refractivity contribution in [3.05, 3.63) is 0 Å². The molecule has 16 heavy (non-hydrogen) atoms. The van der Waals surface area contributed by atoms with Gasteiger partial charge in [0.1, 0.15) is 0 Å². The van der Waals surface area contributed by atoms with E-state index in [-0.39, 0.29) is 5.25 Å². The van der Waals surface area contributed by atoms with Crippen LogP contribution in [-0.2, 0) is 9.05 Å². The third-order valence-corrected chi connectivity index (χ3v) is 4.93. The van der Waals surface area contributed by atoms with Gasteiger partial charge in [-0.1, -0.05) is 58.8 Å². The highest BCUT2D eigenvalue weighted by molar-refractivity contribution is 8.14. The topological polar surface area (TPSA) is 34.1 Å². The SMILES string of the molecule is CCCCCCCC(CCCC)S(=O)(=O)Cl. The molecule has 0 aliphatic rings. The van der Waals surface area contributed by atoms with Crippen LogP contribution in [-0.4, -0.2) is 13.7 Å². The summed E-state index contributed by atoms with van der Waals surface area (Å²) >= 11 is 0. The Hall–Kier alpha value is 0.240. The van der Waals surface area contributed by atoms with Crippen molar-refractivity contribution in [2.24, 2.45) is 0 Å². The van der Waals surface area contributed by atoms with E-state index in [2.05, 4.69) is 13.8 Å². The molecule has 0 heterocycles. The Morgan fingerprint density at radius 3 is 1.88 bits per heavy atom. The monoisotopic (exact) mass is 268 g/mol. The Morgan fingerprint density at radius 1 is 0.875 bits per heavy atom. The average molecular weight is 269 g/mol. The van der Waals surface area contributed by atoms with Gasteiger partial charge in [0.05, 0.1) is 5.25 Å². The lowest BCUT2D eigenvalue weighted by Crippen LogP contribution is -2.16. The summed E-state index contributed by atoms with van der Waals surface area (Å²) in [6.45, 7) is 4.24. The van der Waals surface area contributed by atoms with E-state index < -0.39 is 9.05 Å². The summed E-state index contributed by atoms with van der Waals surface area (Å²) in [5.74, 6) is 0. The van der Waals surface area contributed by atoms with E-state index in [0.717, 1.165) is 38.5 Å². The second-order valence-corrected chi connectivity index (χ2v) is 7.35. The van der Waals surface area contributed by atoms with Gasteiger partial charge in [-0.2, -0.15) is 0 Å². The molecular formula is C12H25ClO2S. The van der Waals surface area contributed by atoms with Crippen LogP contribution in [0.2, 0.25) is 0 Å². The number of hydrogen-bond donors (Lipinski definition) is 0. The normalized spacial score (nSPS) is 13.9. The Kier molecular flexibility index (Phi) is 9.43. The lowest BCUT2D eigenvalue weighted by molar-refractivity contribution is 0.536. The molecule has 2 nitrogen and oxygen atoms in total. The first-order chi connectivity index (χ1) is 7.52. The third-order valence-electron chi connectivity index (χ3n) is 2.91. The predicted molar refractivity (Wildman–Crippen MR) is 71.5 cm³/mol. The van der Waals surface area contributed by atoms with Crippen LogP contribution >= 0.6 is 10.7 Å². The maximum Gasteiger partial charge on any atom is 0.235 e. The van der Waals surface area contributed by atoms with Crippen molar-refractivity contribution < 1.29 is 8.42 Å². The fourth-order valence-electron chi connectivity index (χ4n) is 1.83. The van der Waals surface area contributed by atoms with Gasteiger partial charge in [-0.15, -0.1) is 0 Å². The molecule has 0 fully saturated rings. The minimum atomic E-state index is -3.36. The molecule has 1 unspecified atom stereocenters. The molecule has 0 aromatic carbocycles. The van der Waals surface area contributed by atoms with E-state index in [4.69, 9.17) is 10.7 Å². The van der Waals surface area contributed by atoms with Crippen LogP contribution in [0.5, 0.6) is 0 Å². The second kappa shape index (κ2) is 9.29. The number of halogens is 1. The Bertz CT molecular complexity index is 250. The van der Waals surface area contributed by atoms with Crippen molar-refractivity contribution in [2.45, 2.75) is 76.9 Å². The summed E-state index contributed by atoms with van der Waals surface area (Å²) in [4.78, 5) is 0. The Morgan fingerprint density at radius 2 is 1.38 bits per heavy atom. The molecule has 0 bridgehead atoms.